The van der Waals surface area contributed by atoms with E-state index in [2.05, 4.69) is 47.7 Å². The Morgan fingerprint density at radius 3 is 2.41 bits per heavy atom. The average Bonchev–Trinajstić information content (AvgIpc) is 2.70. The second-order valence-electron chi connectivity index (χ2n) is 6.86. The van der Waals surface area contributed by atoms with Gasteiger partial charge < -0.3 is 10.3 Å². The van der Waals surface area contributed by atoms with Crippen LogP contribution in [-0.2, 0) is 13.1 Å². The molecule has 0 aliphatic carbocycles. The molecule has 0 spiro atoms. The van der Waals surface area contributed by atoms with Crippen molar-refractivity contribution in [2.45, 2.75) is 58.7 Å². The van der Waals surface area contributed by atoms with E-state index < -0.39 is 0 Å². The van der Waals surface area contributed by atoms with Crippen LogP contribution >= 0.6 is 0 Å². The van der Waals surface area contributed by atoms with Gasteiger partial charge >= 0.3 is 0 Å². The molecular formula is C19H29N3. The molecule has 22 heavy (non-hydrogen) atoms. The van der Waals surface area contributed by atoms with Crippen LogP contribution in [-0.4, -0.2) is 22.6 Å². The second kappa shape index (κ2) is 6.84. The molecule has 3 nitrogen and oxygen atoms in total. The summed E-state index contributed by atoms with van der Waals surface area (Å²) in [5.74, 6) is 0. The molecule has 1 aromatic carbocycles. The van der Waals surface area contributed by atoms with Crippen LogP contribution in [0.2, 0.25) is 0 Å². The number of rotatable bonds is 4. The van der Waals surface area contributed by atoms with Gasteiger partial charge in [-0.15, -0.1) is 0 Å². The maximum absolute atomic E-state index is 6.01. The highest BCUT2D eigenvalue weighted by Gasteiger charge is 2.16. The Kier molecular flexibility index (Phi) is 4.84. The van der Waals surface area contributed by atoms with Gasteiger partial charge in [0.1, 0.15) is 0 Å². The van der Waals surface area contributed by atoms with Crippen LogP contribution in [0.25, 0.3) is 10.9 Å². The van der Waals surface area contributed by atoms with Crippen LogP contribution in [0.5, 0.6) is 0 Å². The van der Waals surface area contributed by atoms with Gasteiger partial charge in [-0.05, 0) is 57.0 Å². The number of benzene rings is 1. The van der Waals surface area contributed by atoms with Gasteiger partial charge in [0.2, 0.25) is 0 Å². The maximum atomic E-state index is 6.01. The minimum Gasteiger partial charge on any atom is -0.345 e. The van der Waals surface area contributed by atoms with Gasteiger partial charge in [0.15, 0.2) is 0 Å². The molecule has 0 bridgehead atoms. The summed E-state index contributed by atoms with van der Waals surface area (Å²) >= 11 is 0. The Morgan fingerprint density at radius 1 is 1.05 bits per heavy atom. The third-order valence-electron chi connectivity index (χ3n) is 4.89. The molecule has 2 N–H and O–H groups in total. The van der Waals surface area contributed by atoms with E-state index in [1.54, 1.807) is 0 Å². The molecule has 1 aliphatic rings. The molecule has 0 unspecified atom stereocenters. The van der Waals surface area contributed by atoms with Crippen molar-refractivity contribution in [2.75, 3.05) is 13.1 Å². The predicted octanol–water partition coefficient (Wildman–Crippen LogP) is 4.06. The zero-order valence-electron chi connectivity index (χ0n) is 14.0. The van der Waals surface area contributed by atoms with E-state index >= 15 is 0 Å². The van der Waals surface area contributed by atoms with E-state index in [9.17, 15) is 0 Å². The van der Waals surface area contributed by atoms with Crippen LogP contribution in [0.3, 0.4) is 0 Å². The smallest absolute Gasteiger partial charge is 0.0489 e. The van der Waals surface area contributed by atoms with Gasteiger partial charge in [0, 0.05) is 36.2 Å². The van der Waals surface area contributed by atoms with Crippen LogP contribution < -0.4 is 5.73 Å². The first kappa shape index (κ1) is 15.6. The van der Waals surface area contributed by atoms with Gasteiger partial charge in [-0.25, -0.2) is 0 Å². The van der Waals surface area contributed by atoms with E-state index in [1.807, 2.05) is 0 Å². The fourth-order valence-electron chi connectivity index (χ4n) is 3.73. The summed E-state index contributed by atoms with van der Waals surface area (Å²) < 4.78 is 2.40. The maximum Gasteiger partial charge on any atom is 0.0489 e. The highest BCUT2D eigenvalue weighted by molar-refractivity contribution is 5.87. The largest absolute Gasteiger partial charge is 0.345 e. The van der Waals surface area contributed by atoms with Crippen molar-refractivity contribution in [3.63, 3.8) is 0 Å². The SMILES string of the molecule is CC(C)n1cc(CN2CCCCCC2)c2c(CN)cccc21. The summed E-state index contributed by atoms with van der Waals surface area (Å²) in [6.45, 7) is 8.66. The molecule has 1 saturated heterocycles. The minimum absolute atomic E-state index is 0.480. The van der Waals surface area contributed by atoms with Crippen molar-refractivity contribution >= 4 is 10.9 Å². The van der Waals surface area contributed by atoms with Crippen molar-refractivity contribution in [3.05, 3.63) is 35.5 Å². The Bertz CT molecular complexity index is 619. The lowest BCUT2D eigenvalue weighted by Crippen LogP contribution is -2.24. The fourth-order valence-corrected chi connectivity index (χ4v) is 3.73. The zero-order chi connectivity index (χ0) is 15.5. The van der Waals surface area contributed by atoms with Crippen LogP contribution in [0, 0.1) is 0 Å². The average molecular weight is 299 g/mol. The molecule has 1 aromatic heterocycles. The highest BCUT2D eigenvalue weighted by Crippen LogP contribution is 2.29. The molecule has 1 aliphatic heterocycles. The fraction of sp³-hybridized carbons (Fsp3) is 0.579. The summed E-state index contributed by atoms with van der Waals surface area (Å²) in [7, 11) is 0. The van der Waals surface area contributed by atoms with Crippen molar-refractivity contribution in [3.8, 4) is 0 Å². The Morgan fingerprint density at radius 2 is 1.77 bits per heavy atom. The van der Waals surface area contributed by atoms with E-state index in [1.165, 1.54) is 60.8 Å². The molecule has 2 aromatic rings. The van der Waals surface area contributed by atoms with E-state index in [4.69, 9.17) is 5.73 Å². The van der Waals surface area contributed by atoms with Crippen molar-refractivity contribution in [1.29, 1.82) is 0 Å². The molecule has 2 heterocycles. The molecule has 3 heteroatoms. The summed E-state index contributed by atoms with van der Waals surface area (Å²) in [6.07, 6.45) is 7.81. The molecular weight excluding hydrogens is 270 g/mol. The van der Waals surface area contributed by atoms with E-state index in [0.717, 1.165) is 6.54 Å². The number of likely N-dealkylation sites (tertiary alicyclic amines) is 1. The molecule has 0 saturated carbocycles. The monoisotopic (exact) mass is 299 g/mol. The number of nitrogens with two attached hydrogens (primary N) is 1. The molecule has 0 atom stereocenters. The van der Waals surface area contributed by atoms with Gasteiger partial charge in [-0.3, -0.25) is 4.90 Å². The Labute approximate surface area is 134 Å². The Balaban J connectivity index is 2.00. The summed E-state index contributed by atoms with van der Waals surface area (Å²) in [5.41, 5.74) is 10.1. The number of nitrogens with zero attached hydrogens (tertiary/aromatic N) is 2. The number of hydrogen-bond acceptors (Lipinski definition) is 2. The lowest BCUT2D eigenvalue weighted by molar-refractivity contribution is 0.277. The van der Waals surface area contributed by atoms with Gasteiger partial charge in [0.05, 0.1) is 0 Å². The molecule has 3 rings (SSSR count). The Hall–Kier alpha value is -1.32. The summed E-state index contributed by atoms with van der Waals surface area (Å²) in [6, 6.07) is 7.03. The van der Waals surface area contributed by atoms with Crippen LogP contribution in [0.1, 0.15) is 56.7 Å². The number of fused-ring (bicyclic) bond motifs is 1. The van der Waals surface area contributed by atoms with E-state index in [0.29, 0.717) is 12.6 Å². The predicted molar refractivity (Wildman–Crippen MR) is 94.0 cm³/mol. The first-order valence-corrected chi connectivity index (χ1v) is 8.74. The molecule has 0 amide bonds. The zero-order valence-corrected chi connectivity index (χ0v) is 14.0. The van der Waals surface area contributed by atoms with Gasteiger partial charge in [0.25, 0.3) is 0 Å². The quantitative estimate of drug-likeness (QED) is 0.924. The van der Waals surface area contributed by atoms with Gasteiger partial charge in [-0.2, -0.15) is 0 Å². The molecule has 0 radical (unpaired) electrons. The summed E-state index contributed by atoms with van der Waals surface area (Å²) in [5, 5.41) is 1.39. The first-order chi connectivity index (χ1) is 10.7. The van der Waals surface area contributed by atoms with Crippen molar-refractivity contribution in [2.24, 2.45) is 5.73 Å². The molecule has 1 fully saturated rings. The first-order valence-electron chi connectivity index (χ1n) is 8.74. The third-order valence-corrected chi connectivity index (χ3v) is 4.89. The highest BCUT2D eigenvalue weighted by atomic mass is 15.1. The normalized spacial score (nSPS) is 17.3. The lowest BCUT2D eigenvalue weighted by atomic mass is 10.1. The third kappa shape index (κ3) is 3.06. The molecule has 120 valence electrons. The second-order valence-corrected chi connectivity index (χ2v) is 6.86. The topological polar surface area (TPSA) is 34.2 Å². The van der Waals surface area contributed by atoms with Crippen LogP contribution in [0.15, 0.2) is 24.4 Å². The lowest BCUT2D eigenvalue weighted by Gasteiger charge is -2.19. The number of hydrogen-bond donors (Lipinski definition) is 1. The van der Waals surface area contributed by atoms with Crippen molar-refractivity contribution in [1.82, 2.24) is 9.47 Å². The van der Waals surface area contributed by atoms with Gasteiger partial charge in [-0.1, -0.05) is 25.0 Å². The van der Waals surface area contributed by atoms with Crippen molar-refractivity contribution < 1.29 is 0 Å². The standard InChI is InChI=1S/C19H29N3/c1-15(2)22-14-17(13-21-10-5-3-4-6-11-21)19-16(12-20)8-7-9-18(19)22/h7-9,14-15H,3-6,10-13,20H2,1-2H3. The van der Waals surface area contributed by atoms with Crippen LogP contribution in [0.4, 0.5) is 0 Å². The minimum atomic E-state index is 0.480. The number of aromatic nitrogens is 1. The summed E-state index contributed by atoms with van der Waals surface area (Å²) in [4.78, 5) is 2.62. The van der Waals surface area contributed by atoms with E-state index in [-0.39, 0.29) is 0 Å².